The van der Waals surface area contributed by atoms with Crippen LogP contribution in [0.4, 0.5) is 4.79 Å². The summed E-state index contributed by atoms with van der Waals surface area (Å²) in [5.41, 5.74) is 0.384. The number of nitrogens with one attached hydrogen (secondary N) is 1. The van der Waals surface area contributed by atoms with Crippen LogP contribution in [0.2, 0.25) is 0 Å². The molecule has 0 aliphatic carbocycles. The quantitative estimate of drug-likeness (QED) is 0.301. The van der Waals surface area contributed by atoms with Crippen LogP contribution in [0.25, 0.3) is 6.08 Å². The summed E-state index contributed by atoms with van der Waals surface area (Å²) in [6.45, 7) is 9.35. The summed E-state index contributed by atoms with van der Waals surface area (Å²) in [6.07, 6.45) is 2.16. The van der Waals surface area contributed by atoms with Crippen molar-refractivity contribution in [2.75, 3.05) is 26.4 Å². The van der Waals surface area contributed by atoms with Gasteiger partial charge in [-0.25, -0.2) is 9.36 Å². The molecule has 30 heavy (non-hydrogen) atoms. The number of carbonyl (C=O) groups is 1. The first-order valence-corrected chi connectivity index (χ1v) is 11.0. The lowest BCUT2D eigenvalue weighted by Gasteiger charge is -2.19. The highest BCUT2D eigenvalue weighted by Gasteiger charge is 2.25. The molecule has 0 radical (unpaired) electrons. The predicted octanol–water partition coefficient (Wildman–Crippen LogP) is 4.63. The number of phosphoric ester groups is 1. The molecule has 0 saturated carbocycles. The Morgan fingerprint density at radius 2 is 1.90 bits per heavy atom. The molecule has 166 valence electrons. The van der Waals surface area contributed by atoms with Gasteiger partial charge in [0.25, 0.3) is 0 Å². The van der Waals surface area contributed by atoms with Gasteiger partial charge in [0.1, 0.15) is 18.0 Å². The van der Waals surface area contributed by atoms with Crippen LogP contribution in [0.5, 0.6) is 5.75 Å². The number of amides is 1. The van der Waals surface area contributed by atoms with E-state index in [1.54, 1.807) is 52.8 Å². The van der Waals surface area contributed by atoms with E-state index < -0.39 is 19.5 Å². The molecule has 0 aliphatic heterocycles. The van der Waals surface area contributed by atoms with Gasteiger partial charge in [-0.15, -0.1) is 0 Å². The van der Waals surface area contributed by atoms with E-state index in [1.807, 2.05) is 6.07 Å². The van der Waals surface area contributed by atoms with Crippen LogP contribution in [0.1, 0.15) is 45.7 Å². The van der Waals surface area contributed by atoms with Crippen molar-refractivity contribution in [3.63, 3.8) is 0 Å². The first-order valence-electron chi connectivity index (χ1n) is 9.50. The number of phosphoric acid groups is 1. The van der Waals surface area contributed by atoms with E-state index in [1.165, 1.54) is 12.3 Å². The zero-order chi connectivity index (χ0) is 22.6. The van der Waals surface area contributed by atoms with E-state index in [0.717, 1.165) is 0 Å². The maximum Gasteiger partial charge on any atom is 0.529 e. The highest BCUT2D eigenvalue weighted by Crippen LogP contribution is 2.49. The Balaban J connectivity index is 2.76. The second kappa shape index (κ2) is 12.2. The number of ether oxygens (including phenoxy) is 2. The zero-order valence-corrected chi connectivity index (χ0v) is 18.9. The first-order chi connectivity index (χ1) is 14.1. The molecular formula is C20H29N2O7P. The van der Waals surface area contributed by atoms with Crippen LogP contribution < -0.4 is 10.1 Å². The minimum Gasteiger partial charge on any atom is -0.491 e. The third kappa shape index (κ3) is 9.79. The smallest absolute Gasteiger partial charge is 0.491 e. The lowest BCUT2D eigenvalue weighted by atomic mass is 10.1. The van der Waals surface area contributed by atoms with Crippen LogP contribution in [0.15, 0.2) is 24.5 Å². The molecule has 10 heteroatoms. The van der Waals surface area contributed by atoms with E-state index in [4.69, 9.17) is 28.3 Å². The summed E-state index contributed by atoms with van der Waals surface area (Å²) in [4.78, 5) is 11.7. The fourth-order valence-electron chi connectivity index (χ4n) is 2.09. The molecule has 0 aromatic heterocycles. The van der Waals surface area contributed by atoms with Gasteiger partial charge in [-0.05, 0) is 58.9 Å². The van der Waals surface area contributed by atoms with Crippen LogP contribution in [0.3, 0.4) is 0 Å². The van der Waals surface area contributed by atoms with Crippen molar-refractivity contribution < 1.29 is 32.4 Å². The number of benzene rings is 1. The van der Waals surface area contributed by atoms with Gasteiger partial charge < -0.3 is 19.3 Å². The van der Waals surface area contributed by atoms with E-state index in [0.29, 0.717) is 16.9 Å². The third-order valence-electron chi connectivity index (χ3n) is 3.18. The molecule has 0 aliphatic rings. The van der Waals surface area contributed by atoms with Gasteiger partial charge in [-0.2, -0.15) is 5.26 Å². The van der Waals surface area contributed by atoms with E-state index >= 15 is 0 Å². The maximum atomic E-state index is 12.3. The Hall–Kier alpha value is -2.53. The molecule has 1 aromatic carbocycles. The normalized spacial score (nSPS) is 11.7. The van der Waals surface area contributed by atoms with Crippen molar-refractivity contribution in [3.05, 3.63) is 35.6 Å². The Morgan fingerprint density at radius 3 is 2.47 bits per heavy atom. The number of hydrogen-bond donors (Lipinski definition) is 1. The molecule has 0 heterocycles. The second-order valence-corrected chi connectivity index (χ2v) is 8.45. The molecule has 0 unspecified atom stereocenters. The van der Waals surface area contributed by atoms with E-state index in [2.05, 4.69) is 5.32 Å². The molecule has 0 fully saturated rings. The van der Waals surface area contributed by atoms with Crippen molar-refractivity contribution >= 4 is 20.0 Å². The fraction of sp³-hybridized carbons (Fsp3) is 0.500. The molecule has 1 aromatic rings. The van der Waals surface area contributed by atoms with E-state index in [9.17, 15) is 9.36 Å². The van der Waals surface area contributed by atoms with Gasteiger partial charge in [0.15, 0.2) is 0 Å². The molecule has 1 rings (SSSR count). The van der Waals surface area contributed by atoms with Crippen LogP contribution in [-0.4, -0.2) is 38.1 Å². The largest absolute Gasteiger partial charge is 0.529 e. The van der Waals surface area contributed by atoms with Crippen molar-refractivity contribution in [2.45, 2.75) is 40.2 Å². The number of carbonyl (C=O) groups excluding carboxylic acids is 1. The van der Waals surface area contributed by atoms with E-state index in [-0.39, 0.29) is 26.4 Å². The van der Waals surface area contributed by atoms with Crippen LogP contribution in [-0.2, 0) is 22.9 Å². The molecule has 0 saturated heterocycles. The minimum absolute atomic E-state index is 0.145. The maximum absolute atomic E-state index is 12.3. The highest BCUT2D eigenvalue weighted by molar-refractivity contribution is 7.48. The van der Waals surface area contributed by atoms with Crippen molar-refractivity contribution in [1.82, 2.24) is 5.32 Å². The Bertz CT molecular complexity index is 802. The summed E-state index contributed by atoms with van der Waals surface area (Å²) in [7, 11) is -3.68. The number of hydrogen-bond acceptors (Lipinski definition) is 8. The SMILES string of the molecule is CCOP(=O)(O/C=C/c1ccc(C#N)cc1OCCNC(=O)OC(C)(C)C)OCC. The summed E-state index contributed by atoms with van der Waals surface area (Å²) < 4.78 is 38.4. The molecule has 0 spiro atoms. The summed E-state index contributed by atoms with van der Waals surface area (Å²) in [6, 6.07) is 6.85. The van der Waals surface area contributed by atoms with Crippen molar-refractivity contribution in [3.8, 4) is 11.8 Å². The molecule has 1 amide bonds. The number of nitrogens with zero attached hydrogens (tertiary/aromatic N) is 1. The van der Waals surface area contributed by atoms with Gasteiger partial charge in [0.2, 0.25) is 0 Å². The fourth-order valence-corrected chi connectivity index (χ4v) is 3.13. The molecule has 0 atom stereocenters. The van der Waals surface area contributed by atoms with Gasteiger partial charge in [-0.1, -0.05) is 0 Å². The Morgan fingerprint density at radius 1 is 1.23 bits per heavy atom. The second-order valence-electron chi connectivity index (χ2n) is 6.83. The highest BCUT2D eigenvalue weighted by atomic mass is 31.2. The Labute approximate surface area is 177 Å². The van der Waals surface area contributed by atoms with Gasteiger partial charge in [-0.3, -0.25) is 9.05 Å². The lowest BCUT2D eigenvalue weighted by molar-refractivity contribution is 0.0520. The number of nitriles is 1. The van der Waals surface area contributed by atoms with Crippen molar-refractivity contribution in [2.24, 2.45) is 0 Å². The summed E-state index contributed by atoms with van der Waals surface area (Å²) in [5.74, 6) is 0.391. The number of rotatable bonds is 11. The lowest BCUT2D eigenvalue weighted by Crippen LogP contribution is -2.34. The average molecular weight is 440 g/mol. The van der Waals surface area contributed by atoms with Gasteiger partial charge >= 0.3 is 13.9 Å². The summed E-state index contributed by atoms with van der Waals surface area (Å²) >= 11 is 0. The molecule has 1 N–H and O–H groups in total. The van der Waals surface area contributed by atoms with Crippen LogP contribution >= 0.6 is 7.82 Å². The predicted molar refractivity (Wildman–Crippen MR) is 112 cm³/mol. The monoisotopic (exact) mass is 440 g/mol. The summed E-state index contributed by atoms with van der Waals surface area (Å²) in [5, 5.41) is 11.7. The Kier molecular flexibility index (Phi) is 10.4. The van der Waals surface area contributed by atoms with Crippen LogP contribution in [0, 0.1) is 11.3 Å². The van der Waals surface area contributed by atoms with Gasteiger partial charge in [0, 0.05) is 5.56 Å². The molecule has 9 nitrogen and oxygen atoms in total. The third-order valence-corrected chi connectivity index (χ3v) is 4.71. The zero-order valence-electron chi connectivity index (χ0n) is 18.0. The minimum atomic E-state index is -3.68. The van der Waals surface area contributed by atoms with Gasteiger partial charge in [0.05, 0.1) is 37.7 Å². The molecular weight excluding hydrogens is 411 g/mol. The van der Waals surface area contributed by atoms with Crippen molar-refractivity contribution in [1.29, 1.82) is 5.26 Å². The number of alkyl carbamates (subject to hydrolysis) is 1. The molecule has 0 bridgehead atoms. The first kappa shape index (κ1) is 25.5. The topological polar surface area (TPSA) is 116 Å². The average Bonchev–Trinajstić information content (AvgIpc) is 2.65. The standard InChI is InChI=1S/C20H29N2O7P/c1-6-26-30(24,27-7-2)28-12-10-17-9-8-16(15-21)14-18(17)25-13-11-22-19(23)29-20(3,4)5/h8-10,12,14H,6-7,11,13H2,1-5H3,(H,22,23)/b12-10+.